The first-order valence-electron chi connectivity index (χ1n) is 17.3. The highest BCUT2D eigenvalue weighted by Gasteiger charge is 2.37. The van der Waals surface area contributed by atoms with Crippen molar-refractivity contribution in [2.24, 2.45) is 25.6 Å². The standard InChI is InChI=1S/C38H27N9O12S3/c39-30-15-16-31(28-14-13-27(19-29(28)30)60(51,52)53)44-41-23-5-1-20(2-6-23)21-3-7-24(8-4-21)43-46-37-33(62(57,58)59)18-22-17-32(61(54,55)56)36(35(40)34(22)38(37)48)45-42-25-9-11-26(12-10-25)47(49)50/h1-19,43H,39-40H2,(H,51,52,53)(H,54,55,56)(H,57,58,59)/b44-41?,45-42?,46-37-. The number of benzene rings is 6. The van der Waals surface area contributed by atoms with Crippen LogP contribution in [0.4, 0.5) is 45.5 Å². The SMILES string of the molecule is Nc1c(N=Nc2ccc([N+](=O)[O-])cc2)c(S(=O)(=O)O)cc2c1C(=O)/C(=N\Nc1ccc(-c3ccc(N=Nc4ccc(N)c5cc(S(=O)(=O)O)ccc45)cc3)cc1)C(S(=O)(=O)O)=C2. The Labute approximate surface area is 350 Å². The van der Waals surface area contributed by atoms with E-state index in [-0.39, 0.29) is 27.6 Å². The van der Waals surface area contributed by atoms with Crippen molar-refractivity contribution in [2.45, 2.75) is 9.79 Å². The number of nitro benzene ring substituents is 1. The van der Waals surface area contributed by atoms with E-state index in [9.17, 15) is 53.8 Å². The molecule has 0 heterocycles. The zero-order chi connectivity index (χ0) is 44.7. The highest BCUT2D eigenvalue weighted by molar-refractivity contribution is 7.91. The molecular formula is C38H27N9O12S3. The molecule has 0 unspecified atom stereocenters. The summed E-state index contributed by atoms with van der Waals surface area (Å²) in [5, 5.41) is 32.0. The number of hydrogen-bond acceptors (Lipinski definition) is 17. The van der Waals surface area contributed by atoms with Crippen molar-refractivity contribution in [3.8, 4) is 11.1 Å². The second kappa shape index (κ2) is 16.1. The third kappa shape index (κ3) is 8.80. The predicted octanol–water partition coefficient (Wildman–Crippen LogP) is 7.80. The molecule has 8 N–H and O–H groups in total. The van der Waals surface area contributed by atoms with Crippen molar-refractivity contribution in [1.29, 1.82) is 0 Å². The van der Waals surface area contributed by atoms with Crippen LogP contribution in [0.5, 0.6) is 0 Å². The molecule has 0 aliphatic heterocycles. The molecule has 21 nitrogen and oxygen atoms in total. The first kappa shape index (κ1) is 42.5. The molecule has 0 saturated heterocycles. The lowest BCUT2D eigenvalue weighted by molar-refractivity contribution is -0.384. The van der Waals surface area contributed by atoms with E-state index in [1.807, 2.05) is 0 Å². The van der Waals surface area contributed by atoms with Gasteiger partial charge in [-0.1, -0.05) is 30.3 Å². The Kier molecular flexibility index (Phi) is 11.0. The van der Waals surface area contributed by atoms with Gasteiger partial charge in [-0.15, -0.1) is 10.2 Å². The van der Waals surface area contributed by atoms with Gasteiger partial charge in [0.1, 0.15) is 15.5 Å². The van der Waals surface area contributed by atoms with Gasteiger partial charge in [-0.05, 0) is 89.5 Å². The van der Waals surface area contributed by atoms with Gasteiger partial charge < -0.3 is 11.5 Å². The van der Waals surface area contributed by atoms with Crippen molar-refractivity contribution in [3.63, 3.8) is 0 Å². The Morgan fingerprint density at radius 3 is 1.82 bits per heavy atom. The largest absolute Gasteiger partial charge is 0.398 e. The topological polar surface area (TPSA) is 349 Å². The van der Waals surface area contributed by atoms with Gasteiger partial charge in [-0.25, -0.2) is 0 Å². The molecule has 6 aromatic rings. The second-order valence-corrected chi connectivity index (χ2v) is 17.3. The van der Waals surface area contributed by atoms with Crippen LogP contribution < -0.4 is 16.9 Å². The average molecular weight is 898 g/mol. The Balaban J connectivity index is 1.13. The second-order valence-electron chi connectivity index (χ2n) is 13.1. The van der Waals surface area contributed by atoms with Gasteiger partial charge in [-0.2, -0.15) is 40.6 Å². The molecule has 1 aliphatic rings. The van der Waals surface area contributed by atoms with Crippen LogP contribution in [-0.2, 0) is 30.4 Å². The molecule has 7 rings (SSSR count). The number of nitro groups is 1. The molecule has 314 valence electrons. The van der Waals surface area contributed by atoms with Gasteiger partial charge in [0.25, 0.3) is 36.0 Å². The Morgan fingerprint density at radius 1 is 0.645 bits per heavy atom. The summed E-state index contributed by atoms with van der Waals surface area (Å²) < 4.78 is 102. The van der Waals surface area contributed by atoms with E-state index in [2.05, 4.69) is 31.0 Å². The van der Waals surface area contributed by atoms with Crippen LogP contribution in [0.15, 0.2) is 149 Å². The molecular weight excluding hydrogens is 871 g/mol. The maximum absolute atomic E-state index is 13.9. The molecule has 0 atom stereocenters. The van der Waals surface area contributed by atoms with Crippen molar-refractivity contribution in [3.05, 3.63) is 135 Å². The number of anilines is 3. The Morgan fingerprint density at radius 2 is 1.24 bits per heavy atom. The van der Waals surface area contributed by atoms with E-state index < -0.39 is 79.1 Å². The summed E-state index contributed by atoms with van der Waals surface area (Å²) in [6.07, 6.45) is 0.737. The minimum atomic E-state index is -5.19. The summed E-state index contributed by atoms with van der Waals surface area (Å²) in [5.41, 5.74) is 14.3. The summed E-state index contributed by atoms with van der Waals surface area (Å²) in [6.45, 7) is 0. The molecule has 0 amide bonds. The minimum absolute atomic E-state index is 0.00117. The van der Waals surface area contributed by atoms with Crippen LogP contribution in [0.1, 0.15) is 15.9 Å². The zero-order valence-corrected chi connectivity index (χ0v) is 33.5. The van der Waals surface area contributed by atoms with Crippen LogP contribution in [0.2, 0.25) is 0 Å². The third-order valence-electron chi connectivity index (χ3n) is 9.13. The van der Waals surface area contributed by atoms with Gasteiger partial charge in [0.2, 0.25) is 5.78 Å². The molecule has 0 spiro atoms. The molecule has 6 aromatic carbocycles. The molecule has 0 saturated carbocycles. The number of carbonyl (C=O) groups excluding carboxylic acids is 1. The van der Waals surface area contributed by atoms with E-state index in [0.29, 0.717) is 33.8 Å². The van der Waals surface area contributed by atoms with Gasteiger partial charge in [0, 0.05) is 28.6 Å². The fourth-order valence-electron chi connectivity index (χ4n) is 6.12. The van der Waals surface area contributed by atoms with Crippen LogP contribution in [0, 0.1) is 10.1 Å². The number of hydrazone groups is 1. The van der Waals surface area contributed by atoms with E-state index in [0.717, 1.165) is 23.8 Å². The fourth-order valence-corrected chi connectivity index (χ4v) is 7.95. The quantitative estimate of drug-likeness (QED) is 0.0237. The lowest BCUT2D eigenvalue weighted by atomic mass is 9.92. The number of non-ortho nitro benzene ring substituents is 1. The summed E-state index contributed by atoms with van der Waals surface area (Å²) in [7, 11) is -14.8. The molecule has 62 heavy (non-hydrogen) atoms. The fraction of sp³-hybridized carbons (Fsp3) is 0. The Hall–Kier alpha value is -7.61. The predicted molar refractivity (Wildman–Crippen MR) is 227 cm³/mol. The lowest BCUT2D eigenvalue weighted by Crippen LogP contribution is -2.28. The first-order valence-corrected chi connectivity index (χ1v) is 21.6. The summed E-state index contributed by atoms with van der Waals surface area (Å²) >= 11 is 0. The first-order chi connectivity index (χ1) is 29.2. The summed E-state index contributed by atoms with van der Waals surface area (Å²) in [4.78, 5) is 21.9. The summed E-state index contributed by atoms with van der Waals surface area (Å²) in [5.74, 6) is -1.18. The number of allylic oxidation sites excluding steroid dienone is 1. The number of rotatable bonds is 11. The zero-order valence-electron chi connectivity index (χ0n) is 31.0. The lowest BCUT2D eigenvalue weighted by Gasteiger charge is -2.20. The highest BCUT2D eigenvalue weighted by Crippen LogP contribution is 2.41. The smallest absolute Gasteiger partial charge is 0.296 e. The maximum atomic E-state index is 13.9. The highest BCUT2D eigenvalue weighted by atomic mass is 32.2. The molecule has 1 aliphatic carbocycles. The number of nitrogen functional groups attached to an aromatic ring is 2. The minimum Gasteiger partial charge on any atom is -0.398 e. The van der Waals surface area contributed by atoms with Crippen LogP contribution in [0.3, 0.4) is 0 Å². The monoisotopic (exact) mass is 897 g/mol. The number of hydrogen-bond donors (Lipinski definition) is 6. The number of ketones is 1. The van der Waals surface area contributed by atoms with Crippen molar-refractivity contribution >= 4 is 104 Å². The van der Waals surface area contributed by atoms with E-state index in [1.165, 1.54) is 36.4 Å². The van der Waals surface area contributed by atoms with Gasteiger partial charge >= 0.3 is 0 Å². The van der Waals surface area contributed by atoms with Crippen molar-refractivity contribution < 1.29 is 48.6 Å². The van der Waals surface area contributed by atoms with Gasteiger partial charge in [0.05, 0.1) is 43.8 Å². The normalized spacial score (nSPS) is 14.1. The number of fused-ring (bicyclic) bond motifs is 2. The number of nitrogens with one attached hydrogen (secondary N) is 1. The molecule has 0 fully saturated rings. The van der Waals surface area contributed by atoms with Gasteiger partial charge in [-0.3, -0.25) is 34.0 Å². The van der Waals surface area contributed by atoms with Crippen LogP contribution >= 0.6 is 0 Å². The Bertz CT molecular complexity index is 3340. The number of nitrogens with zero attached hydrogens (tertiary/aromatic N) is 6. The average Bonchev–Trinajstić information content (AvgIpc) is 3.22. The number of azo groups is 2. The van der Waals surface area contributed by atoms with Crippen LogP contribution in [-0.4, -0.2) is 55.3 Å². The van der Waals surface area contributed by atoms with E-state index in [4.69, 9.17) is 11.5 Å². The van der Waals surface area contributed by atoms with Crippen LogP contribution in [0.25, 0.3) is 28.0 Å². The van der Waals surface area contributed by atoms with Crippen molar-refractivity contribution in [1.82, 2.24) is 0 Å². The number of Topliss-reactive ketones (excluding diaryl/α,β-unsaturated/α-hetero) is 1. The van der Waals surface area contributed by atoms with Gasteiger partial charge in [0.15, 0.2) is 5.71 Å². The molecule has 0 radical (unpaired) electrons. The summed E-state index contributed by atoms with van der Waals surface area (Å²) in [6, 6.07) is 25.7. The maximum Gasteiger partial charge on any atom is 0.296 e. The third-order valence-corrected chi connectivity index (χ3v) is 11.7. The molecule has 0 aromatic heterocycles. The van der Waals surface area contributed by atoms with E-state index in [1.54, 1.807) is 54.6 Å². The number of nitrogens with two attached hydrogens (primary N) is 2. The molecule has 0 bridgehead atoms. The van der Waals surface area contributed by atoms with E-state index >= 15 is 0 Å². The molecule has 24 heteroatoms. The van der Waals surface area contributed by atoms with Crippen molar-refractivity contribution in [2.75, 3.05) is 16.9 Å². The number of carbonyl (C=O) groups is 1.